The summed E-state index contributed by atoms with van der Waals surface area (Å²) in [6.45, 7) is 3.30. The number of halogens is 1. The van der Waals surface area contributed by atoms with Gasteiger partial charge in [0.2, 0.25) is 10.0 Å². The van der Waals surface area contributed by atoms with Gasteiger partial charge in [-0.3, -0.25) is 14.8 Å². The Labute approximate surface area is 192 Å². The maximum Gasteiger partial charge on any atom is 0.258 e. The van der Waals surface area contributed by atoms with Gasteiger partial charge in [-0.2, -0.15) is 4.31 Å². The summed E-state index contributed by atoms with van der Waals surface area (Å²) in [4.78, 5) is 23.5. The Bertz CT molecular complexity index is 1010. The van der Waals surface area contributed by atoms with Gasteiger partial charge in [0.1, 0.15) is 5.75 Å². The highest BCUT2D eigenvalue weighted by molar-refractivity contribution is 7.89. The van der Waals surface area contributed by atoms with Crippen LogP contribution in [0, 0.1) is 5.92 Å². The van der Waals surface area contributed by atoms with Crippen LogP contribution in [-0.2, 0) is 26.2 Å². The third kappa shape index (κ3) is 7.79. The van der Waals surface area contributed by atoms with Gasteiger partial charge in [0.05, 0.1) is 11.4 Å². The van der Waals surface area contributed by atoms with Crippen LogP contribution in [0.25, 0.3) is 0 Å². The second kappa shape index (κ2) is 11.8. The quantitative estimate of drug-likeness (QED) is 0.332. The molecular formula is C21H26ClN3O6S. The zero-order valence-electron chi connectivity index (χ0n) is 17.7. The monoisotopic (exact) mass is 483 g/mol. The molecule has 0 radical (unpaired) electrons. The van der Waals surface area contributed by atoms with Crippen molar-refractivity contribution in [2.75, 3.05) is 19.7 Å². The molecule has 9 nitrogen and oxygen atoms in total. The first-order chi connectivity index (χ1) is 15.1. The highest BCUT2D eigenvalue weighted by atomic mass is 35.5. The number of hydrogen-bond acceptors (Lipinski definition) is 6. The SMILES string of the molecule is CC(C)CN(CC(=O)NO)S(=O)(=O)c1ccc(OCC(=O)NCc2ccc(Cl)cc2)cc1. The van der Waals surface area contributed by atoms with Crippen LogP contribution in [0.15, 0.2) is 53.4 Å². The van der Waals surface area contributed by atoms with E-state index in [-0.39, 0.29) is 29.9 Å². The van der Waals surface area contributed by atoms with E-state index >= 15 is 0 Å². The Morgan fingerprint density at radius 2 is 1.69 bits per heavy atom. The fourth-order valence-electron chi connectivity index (χ4n) is 2.71. The fraction of sp³-hybridized carbons (Fsp3) is 0.333. The molecule has 0 bridgehead atoms. The molecular weight excluding hydrogens is 458 g/mol. The molecule has 2 rings (SSSR count). The van der Waals surface area contributed by atoms with Crippen molar-refractivity contribution in [1.82, 2.24) is 15.1 Å². The molecule has 32 heavy (non-hydrogen) atoms. The molecule has 0 aromatic heterocycles. The first-order valence-electron chi connectivity index (χ1n) is 9.79. The Balaban J connectivity index is 1.96. The molecule has 0 unspecified atom stereocenters. The lowest BCUT2D eigenvalue weighted by Crippen LogP contribution is -2.41. The van der Waals surface area contributed by atoms with Crippen molar-refractivity contribution in [2.45, 2.75) is 25.3 Å². The van der Waals surface area contributed by atoms with Gasteiger partial charge in [0.25, 0.3) is 11.8 Å². The minimum atomic E-state index is -3.97. The number of amides is 2. The Morgan fingerprint density at radius 3 is 2.25 bits per heavy atom. The van der Waals surface area contributed by atoms with E-state index in [9.17, 15) is 18.0 Å². The number of carbonyl (C=O) groups is 2. The van der Waals surface area contributed by atoms with Crippen LogP contribution in [0.1, 0.15) is 19.4 Å². The van der Waals surface area contributed by atoms with E-state index in [1.807, 2.05) is 13.8 Å². The molecule has 0 aliphatic heterocycles. The first kappa shape index (κ1) is 25.6. The molecule has 2 amide bonds. The van der Waals surface area contributed by atoms with Crippen LogP contribution < -0.4 is 15.5 Å². The largest absolute Gasteiger partial charge is 0.484 e. The molecule has 11 heteroatoms. The first-order valence-corrected chi connectivity index (χ1v) is 11.6. The summed E-state index contributed by atoms with van der Waals surface area (Å²) in [7, 11) is -3.97. The van der Waals surface area contributed by atoms with Crippen LogP contribution in [0.3, 0.4) is 0 Å². The number of rotatable bonds is 11. The Kier molecular flexibility index (Phi) is 9.45. The summed E-state index contributed by atoms with van der Waals surface area (Å²) in [5, 5.41) is 12.1. The number of ether oxygens (including phenoxy) is 1. The molecule has 0 saturated carbocycles. The van der Waals surface area contributed by atoms with Crippen molar-refractivity contribution < 1.29 is 28.0 Å². The number of hydrogen-bond donors (Lipinski definition) is 3. The number of carbonyl (C=O) groups excluding carboxylic acids is 2. The van der Waals surface area contributed by atoms with Crippen molar-refractivity contribution in [3.8, 4) is 5.75 Å². The summed E-state index contributed by atoms with van der Waals surface area (Å²) in [6.07, 6.45) is 0. The van der Waals surface area contributed by atoms with Gasteiger partial charge in [-0.1, -0.05) is 37.6 Å². The molecule has 2 aromatic rings. The molecule has 3 N–H and O–H groups in total. The highest BCUT2D eigenvalue weighted by Crippen LogP contribution is 2.20. The van der Waals surface area contributed by atoms with Gasteiger partial charge in [0.15, 0.2) is 6.61 Å². The van der Waals surface area contributed by atoms with E-state index < -0.39 is 22.5 Å². The maximum absolute atomic E-state index is 12.9. The second-order valence-electron chi connectivity index (χ2n) is 7.39. The lowest BCUT2D eigenvalue weighted by Gasteiger charge is -2.23. The zero-order chi connectivity index (χ0) is 23.7. The van der Waals surface area contributed by atoms with E-state index in [1.165, 1.54) is 29.7 Å². The predicted molar refractivity (Wildman–Crippen MR) is 119 cm³/mol. The molecule has 0 spiro atoms. The molecule has 0 heterocycles. The summed E-state index contributed by atoms with van der Waals surface area (Å²) >= 11 is 5.82. The minimum Gasteiger partial charge on any atom is -0.484 e. The van der Waals surface area contributed by atoms with E-state index in [2.05, 4.69) is 5.32 Å². The van der Waals surface area contributed by atoms with Crippen molar-refractivity contribution in [3.05, 3.63) is 59.1 Å². The molecule has 2 aromatic carbocycles. The molecule has 0 saturated heterocycles. The normalized spacial score (nSPS) is 11.4. The van der Waals surface area contributed by atoms with Crippen LogP contribution in [0.2, 0.25) is 5.02 Å². The second-order valence-corrected chi connectivity index (χ2v) is 9.76. The van der Waals surface area contributed by atoms with Gasteiger partial charge in [-0.05, 0) is 47.9 Å². The molecule has 0 fully saturated rings. The summed E-state index contributed by atoms with van der Waals surface area (Å²) in [5.74, 6) is -0.895. The van der Waals surface area contributed by atoms with Crippen LogP contribution >= 0.6 is 11.6 Å². The van der Waals surface area contributed by atoms with Gasteiger partial charge >= 0.3 is 0 Å². The number of hydroxylamine groups is 1. The predicted octanol–water partition coefficient (Wildman–Crippen LogP) is 2.19. The van der Waals surface area contributed by atoms with Crippen molar-refractivity contribution in [1.29, 1.82) is 0 Å². The summed E-state index contributed by atoms with van der Waals surface area (Å²) < 4.78 is 32.2. The number of benzene rings is 2. The minimum absolute atomic E-state index is 0.0368. The van der Waals surface area contributed by atoms with E-state index in [0.29, 0.717) is 17.3 Å². The number of nitrogens with one attached hydrogen (secondary N) is 2. The van der Waals surface area contributed by atoms with Crippen LogP contribution in [0.4, 0.5) is 0 Å². The topological polar surface area (TPSA) is 125 Å². The van der Waals surface area contributed by atoms with Gasteiger partial charge in [-0.15, -0.1) is 0 Å². The average Bonchev–Trinajstić information content (AvgIpc) is 2.76. The molecule has 174 valence electrons. The standard InChI is InChI=1S/C21H26ClN3O6S/c1-15(2)12-25(13-20(26)24-28)32(29,30)19-9-7-18(8-10-19)31-14-21(27)23-11-16-3-5-17(22)6-4-16/h3-10,15,28H,11-14H2,1-2H3,(H,23,27)(H,24,26). The maximum atomic E-state index is 12.9. The van der Waals surface area contributed by atoms with Gasteiger partial charge in [-0.25, -0.2) is 13.9 Å². The van der Waals surface area contributed by atoms with E-state index in [1.54, 1.807) is 24.3 Å². The third-order valence-electron chi connectivity index (χ3n) is 4.25. The van der Waals surface area contributed by atoms with Crippen molar-refractivity contribution in [2.24, 2.45) is 5.92 Å². The smallest absolute Gasteiger partial charge is 0.258 e. The average molecular weight is 484 g/mol. The number of nitrogens with zero attached hydrogens (tertiary/aromatic N) is 1. The Morgan fingerprint density at radius 1 is 1.06 bits per heavy atom. The van der Waals surface area contributed by atoms with Crippen LogP contribution in [-0.4, -0.2) is 49.4 Å². The van der Waals surface area contributed by atoms with Crippen LogP contribution in [0.5, 0.6) is 5.75 Å². The highest BCUT2D eigenvalue weighted by Gasteiger charge is 2.27. The molecule has 0 aliphatic carbocycles. The molecule has 0 atom stereocenters. The zero-order valence-corrected chi connectivity index (χ0v) is 19.3. The van der Waals surface area contributed by atoms with Crippen molar-refractivity contribution in [3.63, 3.8) is 0 Å². The number of sulfonamides is 1. The van der Waals surface area contributed by atoms with E-state index in [0.717, 1.165) is 9.87 Å². The lowest BCUT2D eigenvalue weighted by molar-refractivity contribution is -0.129. The summed E-state index contributed by atoms with van der Waals surface area (Å²) in [5.41, 5.74) is 2.33. The van der Waals surface area contributed by atoms with Gasteiger partial charge < -0.3 is 10.1 Å². The fourth-order valence-corrected chi connectivity index (χ4v) is 4.40. The lowest BCUT2D eigenvalue weighted by atomic mass is 10.2. The van der Waals surface area contributed by atoms with E-state index in [4.69, 9.17) is 21.5 Å². The molecule has 0 aliphatic rings. The van der Waals surface area contributed by atoms with Crippen molar-refractivity contribution >= 4 is 33.4 Å². The Hall–Kier alpha value is -2.66. The van der Waals surface area contributed by atoms with Gasteiger partial charge in [0, 0.05) is 18.1 Å². The summed E-state index contributed by atoms with van der Waals surface area (Å²) in [6, 6.07) is 12.6. The third-order valence-corrected chi connectivity index (χ3v) is 6.33.